The van der Waals surface area contributed by atoms with E-state index in [0.717, 1.165) is 0 Å². The van der Waals surface area contributed by atoms with E-state index in [1.807, 2.05) is 0 Å². The number of rotatable bonds is 4. The molecule has 4 heteroatoms. The molecule has 0 bridgehead atoms. The van der Waals surface area contributed by atoms with Crippen LogP contribution in [0.5, 0.6) is 0 Å². The Morgan fingerprint density at radius 3 is 2.80 bits per heavy atom. The lowest BCUT2D eigenvalue weighted by Crippen LogP contribution is -2.46. The molecule has 1 saturated carbocycles. The molecule has 2 aliphatic rings. The molecule has 1 atom stereocenters. The summed E-state index contributed by atoms with van der Waals surface area (Å²) in [4.78, 5) is 22.5. The highest BCUT2D eigenvalue weighted by atomic mass is 16.2. The van der Waals surface area contributed by atoms with Crippen molar-refractivity contribution >= 4 is 11.7 Å². The zero-order chi connectivity index (χ0) is 11.1. The Hall–Kier alpha value is -0.900. The van der Waals surface area contributed by atoms with E-state index in [1.54, 1.807) is 11.9 Å². The fourth-order valence-corrected chi connectivity index (χ4v) is 2.23. The maximum atomic E-state index is 11.7. The molecule has 84 valence electrons. The Morgan fingerprint density at radius 2 is 2.27 bits per heavy atom. The normalized spacial score (nSPS) is 31.1. The van der Waals surface area contributed by atoms with Gasteiger partial charge in [-0.25, -0.2) is 5.43 Å². The minimum absolute atomic E-state index is 0.0477. The predicted molar refractivity (Wildman–Crippen MR) is 55.9 cm³/mol. The summed E-state index contributed by atoms with van der Waals surface area (Å²) >= 11 is 0. The van der Waals surface area contributed by atoms with Gasteiger partial charge in [-0.15, -0.1) is 0 Å². The molecule has 1 N–H and O–H groups in total. The molecule has 1 aliphatic carbocycles. The molecular formula is C11H18N2O2. The molecule has 1 heterocycles. The second-order valence-corrected chi connectivity index (χ2v) is 4.98. The molecule has 0 radical (unpaired) electrons. The molecule has 2 rings (SSSR count). The fraction of sp³-hybridized carbons (Fsp3) is 0.818. The van der Waals surface area contributed by atoms with Gasteiger partial charge in [0.1, 0.15) is 5.78 Å². The first-order valence-corrected chi connectivity index (χ1v) is 5.59. The van der Waals surface area contributed by atoms with Gasteiger partial charge in [0.25, 0.3) is 0 Å². The third-order valence-corrected chi connectivity index (χ3v) is 3.38. The number of nitrogens with one attached hydrogen (secondary N) is 1. The van der Waals surface area contributed by atoms with Crippen LogP contribution in [0.4, 0.5) is 0 Å². The van der Waals surface area contributed by atoms with Crippen LogP contribution in [0, 0.1) is 5.92 Å². The fourth-order valence-electron chi connectivity index (χ4n) is 2.23. The number of Topliss-reactive ketones (excluding diaryl/α,β-unsaturated/α-hetero) is 1. The van der Waals surface area contributed by atoms with Crippen molar-refractivity contribution in [2.45, 2.75) is 45.1 Å². The van der Waals surface area contributed by atoms with Crippen LogP contribution in [0.15, 0.2) is 0 Å². The van der Waals surface area contributed by atoms with Crippen LogP contribution >= 0.6 is 0 Å². The molecule has 15 heavy (non-hydrogen) atoms. The van der Waals surface area contributed by atoms with Gasteiger partial charge in [-0.2, -0.15) is 0 Å². The molecular weight excluding hydrogens is 192 g/mol. The molecule has 0 aromatic heterocycles. The number of carbonyl (C=O) groups is 2. The summed E-state index contributed by atoms with van der Waals surface area (Å²) in [6, 6.07) is 0. The Bertz CT molecular complexity index is 299. The van der Waals surface area contributed by atoms with E-state index in [2.05, 4.69) is 12.3 Å². The van der Waals surface area contributed by atoms with Gasteiger partial charge >= 0.3 is 0 Å². The first-order valence-electron chi connectivity index (χ1n) is 5.59. The van der Waals surface area contributed by atoms with E-state index in [9.17, 15) is 9.59 Å². The topological polar surface area (TPSA) is 49.4 Å². The first kappa shape index (κ1) is 10.6. The van der Waals surface area contributed by atoms with E-state index >= 15 is 0 Å². The second kappa shape index (κ2) is 3.59. The van der Waals surface area contributed by atoms with Crippen molar-refractivity contribution < 1.29 is 9.59 Å². The summed E-state index contributed by atoms with van der Waals surface area (Å²) in [5, 5.41) is 1.62. The number of hydrogen-bond acceptors (Lipinski definition) is 3. The van der Waals surface area contributed by atoms with Crippen molar-refractivity contribution in [3.8, 4) is 0 Å². The monoisotopic (exact) mass is 210 g/mol. The average Bonchev–Trinajstić information content (AvgIpc) is 2.91. The number of carbonyl (C=O) groups excluding carboxylic acids is 2. The molecule has 0 aromatic rings. The lowest BCUT2D eigenvalue weighted by Gasteiger charge is -2.25. The Balaban J connectivity index is 1.92. The summed E-state index contributed by atoms with van der Waals surface area (Å²) in [6.45, 7) is 4.17. The molecule has 0 aromatic carbocycles. The number of hydrazine groups is 1. The van der Waals surface area contributed by atoms with Crippen molar-refractivity contribution in [3.63, 3.8) is 0 Å². The maximum Gasteiger partial charge on any atom is 0.238 e. The van der Waals surface area contributed by atoms with E-state index < -0.39 is 0 Å². The van der Waals surface area contributed by atoms with Crippen LogP contribution in [0.3, 0.4) is 0 Å². The highest BCUT2D eigenvalue weighted by Crippen LogP contribution is 2.43. The van der Waals surface area contributed by atoms with E-state index in [4.69, 9.17) is 0 Å². The molecule has 0 spiro atoms. The third kappa shape index (κ3) is 2.20. The summed E-state index contributed by atoms with van der Waals surface area (Å²) in [6.07, 6.45) is 3.46. The summed E-state index contributed by atoms with van der Waals surface area (Å²) in [5.74, 6) is 0.902. The van der Waals surface area contributed by atoms with Gasteiger partial charge in [0.15, 0.2) is 0 Å². The Kier molecular flexibility index (Phi) is 2.54. The van der Waals surface area contributed by atoms with E-state index in [-0.39, 0.29) is 17.2 Å². The number of ketones is 1. The lowest BCUT2D eigenvalue weighted by molar-refractivity contribution is -0.130. The summed E-state index contributed by atoms with van der Waals surface area (Å²) in [7, 11) is 0. The van der Waals surface area contributed by atoms with Gasteiger partial charge in [0.05, 0.1) is 0 Å². The number of amides is 1. The largest absolute Gasteiger partial charge is 0.300 e. The lowest BCUT2D eigenvalue weighted by atomic mass is 9.94. The predicted octanol–water partition coefficient (Wildman–Crippen LogP) is 0.871. The van der Waals surface area contributed by atoms with Gasteiger partial charge < -0.3 is 0 Å². The van der Waals surface area contributed by atoms with Crippen molar-refractivity contribution in [3.05, 3.63) is 0 Å². The van der Waals surface area contributed by atoms with Crippen LogP contribution in [-0.2, 0) is 9.59 Å². The molecule has 4 nitrogen and oxygen atoms in total. The molecule has 1 unspecified atom stereocenters. The minimum atomic E-state index is -0.0477. The Morgan fingerprint density at radius 1 is 1.60 bits per heavy atom. The highest BCUT2D eigenvalue weighted by Gasteiger charge is 2.48. The van der Waals surface area contributed by atoms with Crippen molar-refractivity contribution in [2.24, 2.45) is 5.92 Å². The quantitative estimate of drug-likeness (QED) is 0.749. The van der Waals surface area contributed by atoms with Crippen LogP contribution in [-0.4, -0.2) is 28.8 Å². The van der Waals surface area contributed by atoms with Crippen LogP contribution in [0.2, 0.25) is 0 Å². The molecule has 1 aliphatic heterocycles. The van der Waals surface area contributed by atoms with Gasteiger partial charge in [0, 0.05) is 24.9 Å². The third-order valence-electron chi connectivity index (χ3n) is 3.38. The molecule has 1 saturated heterocycles. The highest BCUT2D eigenvalue weighted by molar-refractivity contribution is 5.81. The van der Waals surface area contributed by atoms with Gasteiger partial charge in [-0.1, -0.05) is 0 Å². The zero-order valence-corrected chi connectivity index (χ0v) is 9.38. The SMILES string of the molecule is CC(=O)CCN1NC(C)(C2CC2)CC1=O. The Labute approximate surface area is 90.0 Å². The zero-order valence-electron chi connectivity index (χ0n) is 9.38. The minimum Gasteiger partial charge on any atom is -0.300 e. The van der Waals surface area contributed by atoms with Gasteiger partial charge in [-0.3, -0.25) is 14.6 Å². The molecule has 2 fully saturated rings. The average molecular weight is 210 g/mol. The van der Waals surface area contributed by atoms with Crippen LogP contribution < -0.4 is 5.43 Å². The maximum absolute atomic E-state index is 11.7. The van der Waals surface area contributed by atoms with Crippen LogP contribution in [0.1, 0.15) is 39.5 Å². The standard InChI is InChI=1S/C11H18N2O2/c1-8(14)5-6-13-10(15)7-11(2,12-13)9-3-4-9/h9,12H,3-7H2,1-2H3. The van der Waals surface area contributed by atoms with Crippen molar-refractivity contribution in [1.29, 1.82) is 0 Å². The van der Waals surface area contributed by atoms with Gasteiger partial charge in [-0.05, 0) is 32.6 Å². The van der Waals surface area contributed by atoms with Gasteiger partial charge in [0.2, 0.25) is 5.91 Å². The first-order chi connectivity index (χ1) is 7.01. The summed E-state index contributed by atoms with van der Waals surface area (Å²) in [5.41, 5.74) is 3.22. The summed E-state index contributed by atoms with van der Waals surface area (Å²) < 4.78 is 0. The second-order valence-electron chi connectivity index (χ2n) is 4.98. The van der Waals surface area contributed by atoms with Crippen molar-refractivity contribution in [1.82, 2.24) is 10.4 Å². The number of hydrogen-bond donors (Lipinski definition) is 1. The van der Waals surface area contributed by atoms with E-state index in [1.165, 1.54) is 12.8 Å². The molecule has 1 amide bonds. The van der Waals surface area contributed by atoms with E-state index in [0.29, 0.717) is 25.3 Å². The van der Waals surface area contributed by atoms with Crippen LogP contribution in [0.25, 0.3) is 0 Å². The van der Waals surface area contributed by atoms with Crippen molar-refractivity contribution in [2.75, 3.05) is 6.54 Å². The number of nitrogens with zero attached hydrogens (tertiary/aromatic N) is 1. The smallest absolute Gasteiger partial charge is 0.238 e.